The van der Waals surface area contributed by atoms with Gasteiger partial charge in [0.05, 0.1) is 0 Å². The quantitative estimate of drug-likeness (QED) is 0.338. The Morgan fingerprint density at radius 3 is 1.59 bits per heavy atom. The van der Waals surface area contributed by atoms with E-state index in [1.54, 1.807) is 0 Å². The van der Waals surface area contributed by atoms with Crippen molar-refractivity contribution in [3.8, 4) is 0 Å². The van der Waals surface area contributed by atoms with Gasteiger partial charge < -0.3 is 0 Å². The van der Waals surface area contributed by atoms with Crippen LogP contribution in [-0.4, -0.2) is 0 Å². The average molecular weight is 240 g/mol. The van der Waals surface area contributed by atoms with Crippen molar-refractivity contribution in [2.24, 2.45) is 11.8 Å². The zero-order valence-corrected chi connectivity index (χ0v) is 12.9. The first kappa shape index (κ1) is 17.0. The SMILES string of the molecule is CCCCCC(C)C(CCCC)CCCCC. The summed E-state index contributed by atoms with van der Waals surface area (Å²) in [6.07, 6.45) is 15.7. The van der Waals surface area contributed by atoms with Gasteiger partial charge in [-0.3, -0.25) is 0 Å². The van der Waals surface area contributed by atoms with Crippen LogP contribution in [0, 0.1) is 11.8 Å². The molecule has 0 heterocycles. The van der Waals surface area contributed by atoms with Crippen LogP contribution in [0.15, 0.2) is 0 Å². The fourth-order valence-corrected chi connectivity index (χ4v) is 2.79. The molecule has 0 saturated carbocycles. The van der Waals surface area contributed by atoms with Crippen molar-refractivity contribution in [1.82, 2.24) is 0 Å². The van der Waals surface area contributed by atoms with Crippen LogP contribution in [0.3, 0.4) is 0 Å². The van der Waals surface area contributed by atoms with Crippen molar-refractivity contribution in [2.75, 3.05) is 0 Å². The van der Waals surface area contributed by atoms with Crippen molar-refractivity contribution in [3.63, 3.8) is 0 Å². The molecule has 0 N–H and O–H groups in total. The minimum absolute atomic E-state index is 0.963. The molecular formula is C17H36. The Kier molecular flexibility index (Phi) is 12.5. The predicted molar refractivity (Wildman–Crippen MR) is 80.5 cm³/mol. The Balaban J connectivity index is 3.86. The van der Waals surface area contributed by atoms with Crippen LogP contribution in [-0.2, 0) is 0 Å². The summed E-state index contributed by atoms with van der Waals surface area (Å²) < 4.78 is 0. The van der Waals surface area contributed by atoms with Gasteiger partial charge in [-0.25, -0.2) is 0 Å². The molecule has 0 aliphatic heterocycles. The highest BCUT2D eigenvalue weighted by Crippen LogP contribution is 2.28. The van der Waals surface area contributed by atoms with E-state index in [1.165, 1.54) is 70.6 Å². The van der Waals surface area contributed by atoms with Crippen molar-refractivity contribution >= 4 is 0 Å². The van der Waals surface area contributed by atoms with E-state index in [1.807, 2.05) is 0 Å². The first-order chi connectivity index (χ1) is 8.26. The van der Waals surface area contributed by atoms with Crippen molar-refractivity contribution < 1.29 is 0 Å². The van der Waals surface area contributed by atoms with Crippen LogP contribution in [0.4, 0.5) is 0 Å². The van der Waals surface area contributed by atoms with Crippen LogP contribution >= 0.6 is 0 Å². The lowest BCUT2D eigenvalue weighted by Gasteiger charge is -2.24. The Morgan fingerprint density at radius 1 is 0.588 bits per heavy atom. The molecule has 0 aromatic rings. The van der Waals surface area contributed by atoms with Crippen LogP contribution < -0.4 is 0 Å². The summed E-state index contributed by atoms with van der Waals surface area (Å²) in [6.45, 7) is 9.44. The molecule has 0 fully saturated rings. The summed E-state index contributed by atoms with van der Waals surface area (Å²) in [5.74, 6) is 1.98. The first-order valence-electron chi connectivity index (χ1n) is 8.26. The maximum atomic E-state index is 2.50. The molecule has 0 radical (unpaired) electrons. The number of hydrogen-bond donors (Lipinski definition) is 0. The monoisotopic (exact) mass is 240 g/mol. The fraction of sp³-hybridized carbons (Fsp3) is 1.00. The largest absolute Gasteiger partial charge is 0.0654 e. The standard InChI is InChI=1S/C17H36/c1-5-8-11-13-16(4)17(14-10-7-3)15-12-9-6-2/h16-17H,5-15H2,1-4H3. The molecule has 0 rings (SSSR count). The second-order valence-corrected chi connectivity index (χ2v) is 5.87. The molecule has 0 aliphatic rings. The molecule has 0 aliphatic carbocycles. The Morgan fingerprint density at radius 2 is 1.06 bits per heavy atom. The molecule has 0 bridgehead atoms. The zero-order chi connectivity index (χ0) is 12.9. The van der Waals surface area contributed by atoms with E-state index in [0.29, 0.717) is 0 Å². The average Bonchev–Trinajstić information content (AvgIpc) is 2.33. The van der Waals surface area contributed by atoms with E-state index in [9.17, 15) is 0 Å². The molecule has 0 nitrogen and oxygen atoms in total. The topological polar surface area (TPSA) is 0 Å². The molecule has 0 spiro atoms. The Hall–Kier alpha value is 0. The highest BCUT2D eigenvalue weighted by atomic mass is 14.2. The maximum absolute atomic E-state index is 2.50. The molecule has 2 atom stereocenters. The third-order valence-corrected chi connectivity index (χ3v) is 4.17. The second-order valence-electron chi connectivity index (χ2n) is 5.87. The van der Waals surface area contributed by atoms with Crippen molar-refractivity contribution in [3.05, 3.63) is 0 Å². The van der Waals surface area contributed by atoms with Gasteiger partial charge in [0.2, 0.25) is 0 Å². The van der Waals surface area contributed by atoms with Gasteiger partial charge in [-0.15, -0.1) is 0 Å². The van der Waals surface area contributed by atoms with Crippen molar-refractivity contribution in [1.29, 1.82) is 0 Å². The van der Waals surface area contributed by atoms with E-state index in [4.69, 9.17) is 0 Å². The maximum Gasteiger partial charge on any atom is -0.0388 e. The van der Waals surface area contributed by atoms with Gasteiger partial charge in [-0.1, -0.05) is 98.3 Å². The predicted octanol–water partition coefficient (Wildman–Crippen LogP) is 6.59. The lowest BCUT2D eigenvalue weighted by Crippen LogP contribution is -2.12. The van der Waals surface area contributed by atoms with E-state index >= 15 is 0 Å². The Labute approximate surface area is 111 Å². The molecular weight excluding hydrogens is 204 g/mol. The van der Waals surface area contributed by atoms with E-state index < -0.39 is 0 Å². The summed E-state index contributed by atoms with van der Waals surface area (Å²) >= 11 is 0. The number of unbranched alkanes of at least 4 members (excludes halogenated alkanes) is 5. The molecule has 0 heteroatoms. The van der Waals surface area contributed by atoms with E-state index in [2.05, 4.69) is 27.7 Å². The minimum atomic E-state index is 0.963. The third kappa shape index (κ3) is 9.68. The van der Waals surface area contributed by atoms with Crippen molar-refractivity contribution in [2.45, 2.75) is 98.3 Å². The molecule has 104 valence electrons. The smallest absolute Gasteiger partial charge is 0.0388 e. The molecule has 17 heavy (non-hydrogen) atoms. The molecule has 2 unspecified atom stereocenters. The van der Waals surface area contributed by atoms with E-state index in [0.717, 1.165) is 11.8 Å². The fourth-order valence-electron chi connectivity index (χ4n) is 2.79. The van der Waals surface area contributed by atoms with Crippen LogP contribution in [0.5, 0.6) is 0 Å². The summed E-state index contributed by atoms with van der Waals surface area (Å²) in [4.78, 5) is 0. The normalized spacial score (nSPS) is 14.8. The summed E-state index contributed by atoms with van der Waals surface area (Å²) in [5.41, 5.74) is 0. The number of rotatable bonds is 12. The van der Waals surface area contributed by atoms with Crippen LogP contribution in [0.1, 0.15) is 98.3 Å². The zero-order valence-electron chi connectivity index (χ0n) is 12.9. The molecule has 0 aromatic heterocycles. The van der Waals surface area contributed by atoms with Gasteiger partial charge in [0, 0.05) is 0 Å². The molecule has 0 saturated heterocycles. The van der Waals surface area contributed by atoms with Gasteiger partial charge in [-0.05, 0) is 11.8 Å². The molecule has 0 aromatic carbocycles. The van der Waals surface area contributed by atoms with Crippen LogP contribution in [0.25, 0.3) is 0 Å². The molecule has 0 amide bonds. The number of hydrogen-bond acceptors (Lipinski definition) is 0. The van der Waals surface area contributed by atoms with Gasteiger partial charge in [0.25, 0.3) is 0 Å². The van der Waals surface area contributed by atoms with Gasteiger partial charge in [0.15, 0.2) is 0 Å². The van der Waals surface area contributed by atoms with Crippen LogP contribution in [0.2, 0.25) is 0 Å². The third-order valence-electron chi connectivity index (χ3n) is 4.17. The second kappa shape index (κ2) is 12.5. The highest BCUT2D eigenvalue weighted by Gasteiger charge is 2.15. The van der Waals surface area contributed by atoms with Gasteiger partial charge in [0.1, 0.15) is 0 Å². The minimum Gasteiger partial charge on any atom is -0.0654 e. The Bertz CT molecular complexity index is 139. The first-order valence-corrected chi connectivity index (χ1v) is 8.26. The van der Waals surface area contributed by atoms with Gasteiger partial charge in [-0.2, -0.15) is 0 Å². The summed E-state index contributed by atoms with van der Waals surface area (Å²) in [5, 5.41) is 0. The van der Waals surface area contributed by atoms with Gasteiger partial charge >= 0.3 is 0 Å². The lowest BCUT2D eigenvalue weighted by atomic mass is 9.82. The summed E-state index contributed by atoms with van der Waals surface area (Å²) in [6, 6.07) is 0. The lowest BCUT2D eigenvalue weighted by molar-refractivity contribution is 0.278. The summed E-state index contributed by atoms with van der Waals surface area (Å²) in [7, 11) is 0. The highest BCUT2D eigenvalue weighted by molar-refractivity contribution is 4.67. The van der Waals surface area contributed by atoms with E-state index in [-0.39, 0.29) is 0 Å².